The number of aliphatic hydroxyl groups excluding tert-OH is 1. The molecule has 0 aromatic carbocycles. The number of aliphatic carboxylic acids is 1. The van der Waals surface area contributed by atoms with E-state index in [9.17, 15) is 15.0 Å². The predicted molar refractivity (Wildman–Crippen MR) is 77.8 cm³/mol. The van der Waals surface area contributed by atoms with Gasteiger partial charge in [0.05, 0.1) is 6.10 Å². The van der Waals surface area contributed by atoms with Gasteiger partial charge >= 0.3 is 5.97 Å². The molecule has 0 spiro atoms. The zero-order valence-corrected chi connectivity index (χ0v) is 12.3. The summed E-state index contributed by atoms with van der Waals surface area (Å²) in [5.74, 6) is -0.869. The van der Waals surface area contributed by atoms with Crippen molar-refractivity contribution in [2.24, 2.45) is 5.92 Å². The summed E-state index contributed by atoms with van der Waals surface area (Å²) in [4.78, 5) is 17.3. The molecule has 6 heteroatoms. The first-order chi connectivity index (χ1) is 9.40. The van der Waals surface area contributed by atoms with Crippen molar-refractivity contribution in [2.75, 3.05) is 19.0 Å². The van der Waals surface area contributed by atoms with Gasteiger partial charge in [0, 0.05) is 25.2 Å². The van der Waals surface area contributed by atoms with Crippen LogP contribution in [0.3, 0.4) is 0 Å². The summed E-state index contributed by atoms with van der Waals surface area (Å²) < 4.78 is 0. The number of aliphatic hydroxyl groups is 1. The third-order valence-electron chi connectivity index (χ3n) is 3.69. The molecule has 0 radical (unpaired) electrons. The minimum absolute atomic E-state index is 0.191. The van der Waals surface area contributed by atoms with Gasteiger partial charge in [-0.2, -0.15) is 0 Å². The lowest BCUT2D eigenvalue weighted by atomic mass is 9.90. The maximum Gasteiger partial charge on any atom is 0.326 e. The van der Waals surface area contributed by atoms with Gasteiger partial charge in [0.2, 0.25) is 0 Å². The molecular formula is C14H23N3O3. The topological polar surface area (TPSA) is 85.7 Å². The Kier molecular flexibility index (Phi) is 5.91. The molecule has 0 aliphatic heterocycles. The molecule has 112 valence electrons. The second-order valence-electron chi connectivity index (χ2n) is 5.01. The molecule has 1 heterocycles. The Bertz CT molecular complexity index is 427. The summed E-state index contributed by atoms with van der Waals surface area (Å²) in [6.45, 7) is 3.55. The van der Waals surface area contributed by atoms with E-state index in [-0.39, 0.29) is 6.04 Å². The van der Waals surface area contributed by atoms with E-state index in [1.807, 2.05) is 6.92 Å². The molecule has 4 atom stereocenters. The van der Waals surface area contributed by atoms with E-state index in [0.29, 0.717) is 5.82 Å². The van der Waals surface area contributed by atoms with Crippen LogP contribution in [0.2, 0.25) is 0 Å². The summed E-state index contributed by atoms with van der Waals surface area (Å²) in [6, 6.07) is 4.28. The van der Waals surface area contributed by atoms with Gasteiger partial charge < -0.3 is 20.4 Å². The van der Waals surface area contributed by atoms with Crippen molar-refractivity contribution >= 4 is 11.8 Å². The number of aromatic nitrogens is 1. The monoisotopic (exact) mass is 281 g/mol. The highest BCUT2D eigenvalue weighted by atomic mass is 16.4. The Morgan fingerprint density at radius 3 is 2.50 bits per heavy atom. The van der Waals surface area contributed by atoms with Crippen molar-refractivity contribution in [3.05, 3.63) is 24.4 Å². The normalized spacial score (nSPS) is 17.1. The maximum atomic E-state index is 11.6. The SMILES string of the molecule is CN[C@@H](C)[C@H](O)[C@H](C)C(C(=O)O)N(C)c1ccccn1. The number of carbonyl (C=O) groups is 1. The lowest BCUT2D eigenvalue weighted by molar-refractivity contribution is -0.141. The Hall–Kier alpha value is -1.66. The predicted octanol–water partition coefficient (Wildman–Crippen LogP) is 0.576. The van der Waals surface area contributed by atoms with Gasteiger partial charge in [-0.05, 0) is 26.1 Å². The molecule has 0 bridgehead atoms. The maximum absolute atomic E-state index is 11.6. The Balaban J connectivity index is 2.97. The fourth-order valence-electron chi connectivity index (χ4n) is 2.26. The van der Waals surface area contributed by atoms with Crippen molar-refractivity contribution in [3.8, 4) is 0 Å². The number of likely N-dealkylation sites (N-methyl/N-ethyl adjacent to an activating group) is 2. The summed E-state index contributed by atoms with van der Waals surface area (Å²) in [5.41, 5.74) is 0. The zero-order chi connectivity index (χ0) is 15.3. The molecule has 1 unspecified atom stereocenters. The number of rotatable bonds is 7. The summed E-state index contributed by atoms with van der Waals surface area (Å²) in [7, 11) is 3.41. The van der Waals surface area contributed by atoms with E-state index < -0.39 is 24.0 Å². The van der Waals surface area contributed by atoms with Gasteiger partial charge in [-0.15, -0.1) is 0 Å². The number of pyridine rings is 1. The van der Waals surface area contributed by atoms with E-state index >= 15 is 0 Å². The van der Waals surface area contributed by atoms with Crippen LogP contribution in [0.4, 0.5) is 5.82 Å². The summed E-state index contributed by atoms with van der Waals surface area (Å²) >= 11 is 0. The summed E-state index contributed by atoms with van der Waals surface area (Å²) in [5, 5.41) is 22.6. The number of nitrogens with zero attached hydrogens (tertiary/aromatic N) is 2. The third kappa shape index (κ3) is 3.68. The molecule has 0 saturated heterocycles. The van der Waals surface area contributed by atoms with Gasteiger partial charge in [-0.25, -0.2) is 9.78 Å². The molecule has 1 aromatic heterocycles. The van der Waals surface area contributed by atoms with Crippen LogP contribution in [-0.2, 0) is 4.79 Å². The Morgan fingerprint density at radius 1 is 1.40 bits per heavy atom. The summed E-state index contributed by atoms with van der Waals surface area (Å²) in [6.07, 6.45) is 0.842. The number of carboxylic acids is 1. The van der Waals surface area contributed by atoms with Crippen LogP contribution in [0, 0.1) is 5.92 Å². The third-order valence-corrected chi connectivity index (χ3v) is 3.69. The van der Waals surface area contributed by atoms with Gasteiger partial charge in [0.15, 0.2) is 0 Å². The van der Waals surface area contributed by atoms with Crippen molar-refractivity contribution in [2.45, 2.75) is 32.0 Å². The van der Waals surface area contributed by atoms with Gasteiger partial charge in [0.1, 0.15) is 11.9 Å². The minimum atomic E-state index is -0.979. The van der Waals surface area contributed by atoms with Crippen molar-refractivity contribution in [1.29, 1.82) is 0 Å². The van der Waals surface area contributed by atoms with Crippen LogP contribution < -0.4 is 10.2 Å². The van der Waals surface area contributed by atoms with Crippen LogP contribution >= 0.6 is 0 Å². The number of nitrogens with one attached hydrogen (secondary N) is 1. The lowest BCUT2D eigenvalue weighted by Crippen LogP contribution is -2.52. The number of anilines is 1. The molecule has 0 saturated carbocycles. The molecule has 1 rings (SSSR count). The van der Waals surface area contributed by atoms with E-state index in [1.165, 1.54) is 0 Å². The molecule has 6 nitrogen and oxygen atoms in total. The molecule has 20 heavy (non-hydrogen) atoms. The Morgan fingerprint density at radius 2 is 2.05 bits per heavy atom. The Labute approximate surface area is 119 Å². The number of hydrogen-bond donors (Lipinski definition) is 3. The van der Waals surface area contributed by atoms with E-state index in [1.54, 1.807) is 50.3 Å². The van der Waals surface area contributed by atoms with Gasteiger partial charge in [-0.3, -0.25) is 0 Å². The number of hydrogen-bond acceptors (Lipinski definition) is 5. The lowest BCUT2D eigenvalue weighted by Gasteiger charge is -2.34. The largest absolute Gasteiger partial charge is 0.480 e. The van der Waals surface area contributed by atoms with Crippen LogP contribution in [0.1, 0.15) is 13.8 Å². The van der Waals surface area contributed by atoms with Crippen LogP contribution in [-0.4, -0.2) is 53.4 Å². The fourth-order valence-corrected chi connectivity index (χ4v) is 2.26. The first kappa shape index (κ1) is 16.4. The molecule has 0 aliphatic carbocycles. The zero-order valence-electron chi connectivity index (χ0n) is 12.3. The fraction of sp³-hybridized carbons (Fsp3) is 0.571. The van der Waals surface area contributed by atoms with Gasteiger partial charge in [-0.1, -0.05) is 13.0 Å². The van der Waals surface area contributed by atoms with Crippen LogP contribution in [0.25, 0.3) is 0 Å². The van der Waals surface area contributed by atoms with Crippen molar-refractivity contribution in [1.82, 2.24) is 10.3 Å². The van der Waals surface area contributed by atoms with E-state index in [2.05, 4.69) is 10.3 Å². The highest BCUT2D eigenvalue weighted by Gasteiger charge is 2.35. The first-order valence-corrected chi connectivity index (χ1v) is 6.62. The minimum Gasteiger partial charge on any atom is -0.480 e. The second-order valence-corrected chi connectivity index (χ2v) is 5.01. The van der Waals surface area contributed by atoms with Gasteiger partial charge in [0.25, 0.3) is 0 Å². The number of carboxylic acid groups (broad SMARTS) is 1. The first-order valence-electron chi connectivity index (χ1n) is 6.62. The smallest absolute Gasteiger partial charge is 0.326 e. The van der Waals surface area contributed by atoms with Crippen LogP contribution in [0.15, 0.2) is 24.4 Å². The average Bonchev–Trinajstić information content (AvgIpc) is 2.46. The molecule has 1 aromatic rings. The molecule has 3 N–H and O–H groups in total. The molecular weight excluding hydrogens is 258 g/mol. The van der Waals surface area contributed by atoms with E-state index in [4.69, 9.17) is 0 Å². The van der Waals surface area contributed by atoms with Crippen LogP contribution in [0.5, 0.6) is 0 Å². The van der Waals surface area contributed by atoms with Crippen molar-refractivity contribution in [3.63, 3.8) is 0 Å². The average molecular weight is 281 g/mol. The quantitative estimate of drug-likeness (QED) is 0.678. The standard InChI is InChI=1S/C14H23N3O3/c1-9(13(18)10(2)15-3)12(14(19)20)17(4)11-7-5-6-8-16-11/h5-10,12-13,15,18H,1-4H3,(H,19,20)/t9-,10+,12?,13-/m1/s1. The molecule has 0 amide bonds. The molecule has 0 fully saturated rings. The van der Waals surface area contributed by atoms with Crippen molar-refractivity contribution < 1.29 is 15.0 Å². The highest BCUT2D eigenvalue weighted by molar-refractivity contribution is 5.78. The highest BCUT2D eigenvalue weighted by Crippen LogP contribution is 2.21. The van der Waals surface area contributed by atoms with E-state index in [0.717, 1.165) is 0 Å². The second kappa shape index (κ2) is 7.21. The molecule has 0 aliphatic rings.